The zero-order chi connectivity index (χ0) is 26.0. The van der Waals surface area contributed by atoms with Crippen molar-refractivity contribution in [2.75, 3.05) is 19.8 Å². The Labute approximate surface area is 208 Å². The van der Waals surface area contributed by atoms with E-state index >= 15 is 0 Å². The van der Waals surface area contributed by atoms with Gasteiger partial charge in [-0.3, -0.25) is 34.7 Å². The van der Waals surface area contributed by atoms with E-state index in [1.54, 1.807) is 0 Å². The minimum absolute atomic E-state index is 0.0540. The Hall–Kier alpha value is -3.63. The zero-order valence-corrected chi connectivity index (χ0v) is 20.2. The van der Waals surface area contributed by atoms with Crippen molar-refractivity contribution < 1.29 is 29.2 Å². The summed E-state index contributed by atoms with van der Waals surface area (Å²) in [6.45, 7) is 4.55. The predicted octanol–water partition coefficient (Wildman–Crippen LogP) is 2.64. The van der Waals surface area contributed by atoms with Gasteiger partial charge in [-0.15, -0.1) is 0 Å². The number of hydrogen-bond donors (Lipinski definition) is 2. The van der Waals surface area contributed by atoms with Gasteiger partial charge in [-0.1, -0.05) is 43.3 Å². The number of rotatable bonds is 10. The van der Waals surface area contributed by atoms with Crippen LogP contribution in [0.25, 0.3) is 0 Å². The SMILES string of the molecule is CCCOCCN1C(=O)C2C(c3ccccc3C)NC(Cc3ccc([N+](=O)[O-])cc3)(C(=O)O)C2C1=O. The van der Waals surface area contributed by atoms with Gasteiger partial charge < -0.3 is 9.84 Å². The van der Waals surface area contributed by atoms with Crippen LogP contribution in [-0.4, -0.2) is 58.0 Å². The molecule has 0 aliphatic carbocycles. The monoisotopic (exact) mass is 495 g/mol. The number of imide groups is 1. The molecule has 4 atom stereocenters. The number of nitrogens with one attached hydrogen (secondary N) is 1. The van der Waals surface area contributed by atoms with Crippen LogP contribution < -0.4 is 5.32 Å². The molecular formula is C26H29N3O7. The fourth-order valence-electron chi connectivity index (χ4n) is 5.38. The fraction of sp³-hybridized carbons (Fsp3) is 0.423. The second kappa shape index (κ2) is 10.2. The number of ether oxygens (including phenoxy) is 1. The van der Waals surface area contributed by atoms with Gasteiger partial charge in [0.05, 0.1) is 29.9 Å². The number of nitro benzene ring substituents is 1. The lowest BCUT2D eigenvalue weighted by Crippen LogP contribution is -2.57. The summed E-state index contributed by atoms with van der Waals surface area (Å²) in [6.07, 6.45) is 0.673. The van der Waals surface area contributed by atoms with E-state index in [0.29, 0.717) is 12.2 Å². The number of benzene rings is 2. The first-order valence-electron chi connectivity index (χ1n) is 11.9. The van der Waals surface area contributed by atoms with Crippen molar-refractivity contribution in [3.05, 3.63) is 75.3 Å². The highest BCUT2D eigenvalue weighted by Crippen LogP contribution is 2.50. The first-order valence-corrected chi connectivity index (χ1v) is 11.9. The highest BCUT2D eigenvalue weighted by molar-refractivity contribution is 6.09. The smallest absolute Gasteiger partial charge is 0.325 e. The van der Waals surface area contributed by atoms with Crippen LogP contribution in [0.5, 0.6) is 0 Å². The first kappa shape index (κ1) is 25.5. The van der Waals surface area contributed by atoms with Gasteiger partial charge in [-0.05, 0) is 30.0 Å². The van der Waals surface area contributed by atoms with Crippen molar-refractivity contribution >= 4 is 23.5 Å². The van der Waals surface area contributed by atoms with E-state index in [1.807, 2.05) is 38.1 Å². The lowest BCUT2D eigenvalue weighted by atomic mass is 9.76. The number of carbonyl (C=O) groups excluding carboxylic acids is 2. The molecular weight excluding hydrogens is 466 g/mol. The summed E-state index contributed by atoms with van der Waals surface area (Å²) in [5.74, 6) is -4.26. The molecule has 0 radical (unpaired) electrons. The number of amides is 2. The number of likely N-dealkylation sites (tertiary alicyclic amines) is 1. The van der Waals surface area contributed by atoms with E-state index in [9.17, 15) is 29.6 Å². The van der Waals surface area contributed by atoms with Crippen LogP contribution in [0.2, 0.25) is 0 Å². The maximum Gasteiger partial charge on any atom is 0.325 e. The van der Waals surface area contributed by atoms with Crippen LogP contribution in [0.4, 0.5) is 5.69 Å². The lowest BCUT2D eigenvalue weighted by molar-refractivity contribution is -0.384. The molecule has 36 heavy (non-hydrogen) atoms. The van der Waals surface area contributed by atoms with E-state index in [1.165, 1.54) is 24.3 Å². The molecule has 2 saturated heterocycles. The molecule has 2 aromatic rings. The molecule has 2 amide bonds. The van der Waals surface area contributed by atoms with E-state index in [-0.39, 0.29) is 25.3 Å². The number of nitro groups is 1. The van der Waals surface area contributed by atoms with E-state index < -0.39 is 46.1 Å². The Morgan fingerprint density at radius 1 is 1.14 bits per heavy atom. The summed E-state index contributed by atoms with van der Waals surface area (Å²) in [7, 11) is 0. The third-order valence-electron chi connectivity index (χ3n) is 7.09. The largest absolute Gasteiger partial charge is 0.480 e. The molecule has 190 valence electrons. The molecule has 0 spiro atoms. The molecule has 2 aromatic carbocycles. The Morgan fingerprint density at radius 3 is 2.44 bits per heavy atom. The number of non-ortho nitro benzene ring substituents is 1. The number of carbonyl (C=O) groups is 3. The van der Waals surface area contributed by atoms with Crippen LogP contribution in [0.15, 0.2) is 48.5 Å². The highest BCUT2D eigenvalue weighted by atomic mass is 16.6. The van der Waals surface area contributed by atoms with E-state index in [0.717, 1.165) is 22.4 Å². The fourth-order valence-corrected chi connectivity index (χ4v) is 5.38. The normalized spacial score (nSPS) is 25.3. The predicted molar refractivity (Wildman–Crippen MR) is 129 cm³/mol. The molecule has 10 nitrogen and oxygen atoms in total. The van der Waals surface area contributed by atoms with E-state index in [4.69, 9.17) is 4.74 Å². The number of hydrogen-bond acceptors (Lipinski definition) is 7. The van der Waals surface area contributed by atoms with Crippen molar-refractivity contribution in [2.45, 2.75) is 38.3 Å². The van der Waals surface area contributed by atoms with Crippen molar-refractivity contribution in [1.82, 2.24) is 10.2 Å². The first-order chi connectivity index (χ1) is 17.2. The van der Waals surface area contributed by atoms with Crippen LogP contribution >= 0.6 is 0 Å². The summed E-state index contributed by atoms with van der Waals surface area (Å²) >= 11 is 0. The number of nitrogens with zero attached hydrogens (tertiary/aromatic N) is 2. The number of carboxylic acid groups (broad SMARTS) is 1. The molecule has 2 heterocycles. The van der Waals surface area contributed by atoms with Crippen molar-refractivity contribution in [2.24, 2.45) is 11.8 Å². The summed E-state index contributed by atoms with van der Waals surface area (Å²) in [6, 6.07) is 12.3. The van der Waals surface area contributed by atoms with Gasteiger partial charge in [0.2, 0.25) is 11.8 Å². The lowest BCUT2D eigenvalue weighted by Gasteiger charge is -2.31. The highest BCUT2D eigenvalue weighted by Gasteiger charge is 2.68. The van der Waals surface area contributed by atoms with Crippen LogP contribution in [-0.2, 0) is 25.5 Å². The summed E-state index contributed by atoms with van der Waals surface area (Å²) in [5, 5.41) is 24.7. The zero-order valence-electron chi connectivity index (χ0n) is 20.2. The number of aryl methyl sites for hydroxylation is 1. The Balaban J connectivity index is 1.76. The van der Waals surface area contributed by atoms with Gasteiger partial charge >= 0.3 is 5.97 Å². The van der Waals surface area contributed by atoms with Gasteiger partial charge in [0.25, 0.3) is 5.69 Å². The second-order valence-electron chi connectivity index (χ2n) is 9.30. The topological polar surface area (TPSA) is 139 Å². The molecule has 2 N–H and O–H groups in total. The third-order valence-corrected chi connectivity index (χ3v) is 7.09. The molecule has 0 bridgehead atoms. The van der Waals surface area contributed by atoms with Crippen LogP contribution in [0, 0.1) is 28.9 Å². The van der Waals surface area contributed by atoms with Crippen molar-refractivity contribution in [3.63, 3.8) is 0 Å². The van der Waals surface area contributed by atoms with Crippen LogP contribution in [0.3, 0.4) is 0 Å². The second-order valence-corrected chi connectivity index (χ2v) is 9.30. The van der Waals surface area contributed by atoms with Crippen molar-refractivity contribution in [1.29, 1.82) is 0 Å². The molecule has 4 rings (SSSR count). The quantitative estimate of drug-likeness (QED) is 0.222. The van der Waals surface area contributed by atoms with Gasteiger partial charge in [0, 0.05) is 31.2 Å². The molecule has 0 aromatic heterocycles. The maximum absolute atomic E-state index is 13.6. The minimum Gasteiger partial charge on any atom is -0.480 e. The van der Waals surface area contributed by atoms with Crippen LogP contribution in [0.1, 0.15) is 36.1 Å². The molecule has 4 unspecified atom stereocenters. The molecule has 2 aliphatic heterocycles. The van der Waals surface area contributed by atoms with Crippen molar-refractivity contribution in [3.8, 4) is 0 Å². The summed E-state index contributed by atoms with van der Waals surface area (Å²) < 4.78 is 5.49. The number of aliphatic carboxylic acids is 1. The maximum atomic E-state index is 13.6. The number of fused-ring (bicyclic) bond motifs is 1. The summed E-state index contributed by atoms with van der Waals surface area (Å²) in [4.78, 5) is 51.7. The standard InChI is InChI=1S/C26H29N3O7/c1-3-13-36-14-12-28-23(30)20-21(24(28)31)26(25(32)33,15-17-8-10-18(11-9-17)29(34)35)27-22(20)19-7-5-4-6-16(19)2/h4-11,20-22,27H,3,12-15H2,1-2H3,(H,32,33). The molecule has 2 fully saturated rings. The third kappa shape index (κ3) is 4.38. The Morgan fingerprint density at radius 2 is 1.83 bits per heavy atom. The Bertz CT molecular complexity index is 1180. The Kier molecular flexibility index (Phi) is 7.18. The average Bonchev–Trinajstić information content (AvgIpc) is 3.32. The molecule has 10 heteroatoms. The van der Waals surface area contributed by atoms with Gasteiger partial charge in [0.15, 0.2) is 0 Å². The summed E-state index contributed by atoms with van der Waals surface area (Å²) in [5.41, 5.74) is 0.229. The molecule has 0 saturated carbocycles. The van der Waals surface area contributed by atoms with Gasteiger partial charge in [0.1, 0.15) is 5.54 Å². The van der Waals surface area contributed by atoms with Gasteiger partial charge in [-0.2, -0.15) is 0 Å². The van der Waals surface area contributed by atoms with E-state index in [2.05, 4.69) is 5.32 Å². The molecule has 2 aliphatic rings. The minimum atomic E-state index is -1.78. The van der Waals surface area contributed by atoms with Gasteiger partial charge in [-0.25, -0.2) is 0 Å². The average molecular weight is 496 g/mol. The number of carboxylic acids is 1.